The number of carbonyl (C=O) groups excluding carboxylic acids is 1. The van der Waals surface area contributed by atoms with E-state index < -0.39 is 5.91 Å². The average Bonchev–Trinajstić information content (AvgIpc) is 3.15. The summed E-state index contributed by atoms with van der Waals surface area (Å²) in [5, 5.41) is 0.639. The van der Waals surface area contributed by atoms with Gasteiger partial charge in [0.25, 0.3) is 5.91 Å². The topological polar surface area (TPSA) is 68.5 Å². The number of aromatic nitrogens is 1. The lowest BCUT2D eigenvalue weighted by Crippen LogP contribution is -2.36. The van der Waals surface area contributed by atoms with Gasteiger partial charge in [-0.15, -0.1) is 0 Å². The standard InChI is InChI=1S/C23H19ClFN3O2/c24-21-15-11-16-20(14(15)5-6-19(21)28-7-9-30-10-8-28)17(12-27-22(16)23(26)29)13-3-1-2-4-18(13)25/h1-6,12H,7-11H2,(H2,26,29). The zero-order valence-corrected chi connectivity index (χ0v) is 16.9. The number of fused-ring (bicyclic) bond motifs is 3. The summed E-state index contributed by atoms with van der Waals surface area (Å²) in [5.74, 6) is -0.957. The number of hydrogen-bond donors (Lipinski definition) is 1. The number of benzene rings is 2. The molecule has 1 fully saturated rings. The highest BCUT2D eigenvalue weighted by Gasteiger charge is 2.31. The molecule has 1 aliphatic heterocycles. The van der Waals surface area contributed by atoms with Crippen LogP contribution in [0.2, 0.25) is 5.02 Å². The Hall–Kier alpha value is -2.96. The molecule has 0 spiro atoms. The minimum Gasteiger partial charge on any atom is -0.378 e. The van der Waals surface area contributed by atoms with Gasteiger partial charge < -0.3 is 15.4 Å². The zero-order chi connectivity index (χ0) is 20.8. The van der Waals surface area contributed by atoms with Gasteiger partial charge in [-0.05, 0) is 34.4 Å². The molecule has 2 aliphatic rings. The summed E-state index contributed by atoms with van der Waals surface area (Å²) in [6.45, 7) is 2.83. The van der Waals surface area contributed by atoms with E-state index in [1.807, 2.05) is 12.1 Å². The van der Waals surface area contributed by atoms with Gasteiger partial charge in [0.05, 0.1) is 23.9 Å². The van der Waals surface area contributed by atoms with Crippen LogP contribution in [-0.4, -0.2) is 37.2 Å². The number of ether oxygens (including phenoxy) is 1. The first kappa shape index (κ1) is 19.0. The van der Waals surface area contributed by atoms with E-state index in [1.165, 1.54) is 12.3 Å². The SMILES string of the molecule is NC(=O)c1ncc(-c2ccccc2F)c2c1Cc1c-2ccc(N2CCOCC2)c1Cl. The maximum Gasteiger partial charge on any atom is 0.267 e. The third-order valence-electron chi connectivity index (χ3n) is 5.77. The van der Waals surface area contributed by atoms with Crippen molar-refractivity contribution in [3.05, 3.63) is 70.3 Å². The first-order valence-electron chi connectivity index (χ1n) is 9.77. The Labute approximate surface area is 178 Å². The van der Waals surface area contributed by atoms with Gasteiger partial charge in [-0.25, -0.2) is 4.39 Å². The maximum atomic E-state index is 14.6. The van der Waals surface area contributed by atoms with Crippen molar-refractivity contribution in [2.75, 3.05) is 31.2 Å². The van der Waals surface area contributed by atoms with Crippen LogP contribution in [0.4, 0.5) is 10.1 Å². The van der Waals surface area contributed by atoms with Crippen molar-refractivity contribution in [2.24, 2.45) is 5.73 Å². The third-order valence-corrected chi connectivity index (χ3v) is 6.20. The Morgan fingerprint density at radius 2 is 1.83 bits per heavy atom. The Bertz CT molecular complexity index is 1180. The number of pyridine rings is 1. The van der Waals surface area contributed by atoms with E-state index in [1.54, 1.807) is 18.2 Å². The molecule has 152 valence electrons. The summed E-state index contributed by atoms with van der Waals surface area (Å²) in [7, 11) is 0. The molecule has 1 amide bonds. The van der Waals surface area contributed by atoms with Gasteiger partial charge in [0, 0.05) is 36.8 Å². The van der Waals surface area contributed by atoms with Crippen molar-refractivity contribution < 1.29 is 13.9 Å². The van der Waals surface area contributed by atoms with E-state index in [0.29, 0.717) is 41.3 Å². The molecule has 5 rings (SSSR count). The molecule has 0 atom stereocenters. The molecule has 2 aromatic carbocycles. The fourth-order valence-electron chi connectivity index (χ4n) is 4.37. The second-order valence-electron chi connectivity index (χ2n) is 7.42. The molecule has 1 aromatic heterocycles. The van der Waals surface area contributed by atoms with E-state index in [9.17, 15) is 9.18 Å². The van der Waals surface area contributed by atoms with Crippen LogP contribution < -0.4 is 10.6 Å². The second kappa shape index (κ2) is 7.38. The summed E-state index contributed by atoms with van der Waals surface area (Å²) >= 11 is 6.85. The minimum atomic E-state index is -0.608. The summed E-state index contributed by atoms with van der Waals surface area (Å²) in [6, 6.07) is 10.5. The highest BCUT2D eigenvalue weighted by molar-refractivity contribution is 6.34. The fourth-order valence-corrected chi connectivity index (χ4v) is 4.72. The van der Waals surface area contributed by atoms with E-state index >= 15 is 0 Å². The summed E-state index contributed by atoms with van der Waals surface area (Å²) in [5.41, 5.74) is 11.0. The van der Waals surface area contributed by atoms with Crippen LogP contribution in [0.3, 0.4) is 0 Å². The molecule has 1 saturated heterocycles. The fraction of sp³-hybridized carbons (Fsp3) is 0.217. The summed E-state index contributed by atoms with van der Waals surface area (Å²) < 4.78 is 20.0. The Morgan fingerprint density at radius 3 is 2.57 bits per heavy atom. The molecule has 1 aliphatic carbocycles. The van der Waals surface area contributed by atoms with Gasteiger partial charge in [0.2, 0.25) is 0 Å². The van der Waals surface area contributed by atoms with Crippen LogP contribution in [0.5, 0.6) is 0 Å². The molecule has 5 nitrogen and oxygen atoms in total. The van der Waals surface area contributed by atoms with Crippen LogP contribution in [0.25, 0.3) is 22.3 Å². The predicted molar refractivity (Wildman–Crippen MR) is 114 cm³/mol. The molecule has 0 bridgehead atoms. The summed E-state index contributed by atoms with van der Waals surface area (Å²) in [6.07, 6.45) is 1.95. The van der Waals surface area contributed by atoms with Crippen LogP contribution in [0.1, 0.15) is 21.6 Å². The van der Waals surface area contributed by atoms with Crippen molar-refractivity contribution in [3.63, 3.8) is 0 Å². The number of rotatable bonds is 3. The molecular weight excluding hydrogens is 405 g/mol. The van der Waals surface area contributed by atoms with Crippen molar-refractivity contribution in [3.8, 4) is 22.3 Å². The number of halogens is 2. The normalized spacial score (nSPS) is 15.1. The predicted octanol–water partition coefficient (Wildman–Crippen LogP) is 4.05. The van der Waals surface area contributed by atoms with Crippen molar-refractivity contribution in [2.45, 2.75) is 6.42 Å². The lowest BCUT2D eigenvalue weighted by atomic mass is 9.94. The Balaban J connectivity index is 1.71. The van der Waals surface area contributed by atoms with Gasteiger partial charge in [0.15, 0.2) is 0 Å². The highest BCUT2D eigenvalue weighted by atomic mass is 35.5. The number of carbonyl (C=O) groups is 1. The molecule has 0 unspecified atom stereocenters. The zero-order valence-electron chi connectivity index (χ0n) is 16.1. The lowest BCUT2D eigenvalue weighted by Gasteiger charge is -2.30. The van der Waals surface area contributed by atoms with Crippen LogP contribution in [-0.2, 0) is 11.2 Å². The molecule has 7 heteroatoms. The quantitative estimate of drug-likeness (QED) is 0.539. The molecule has 2 N–H and O–H groups in total. The second-order valence-corrected chi connectivity index (χ2v) is 7.80. The van der Waals surface area contributed by atoms with E-state index in [-0.39, 0.29) is 11.5 Å². The van der Waals surface area contributed by atoms with Gasteiger partial charge in [-0.3, -0.25) is 9.78 Å². The highest BCUT2D eigenvalue weighted by Crippen LogP contribution is 2.48. The Kier molecular flexibility index (Phi) is 4.68. The number of nitrogens with two attached hydrogens (primary N) is 1. The number of nitrogens with zero attached hydrogens (tertiary/aromatic N) is 2. The molecule has 0 saturated carbocycles. The molecule has 30 heavy (non-hydrogen) atoms. The van der Waals surface area contributed by atoms with E-state index in [2.05, 4.69) is 9.88 Å². The van der Waals surface area contributed by atoms with E-state index in [4.69, 9.17) is 22.1 Å². The minimum absolute atomic E-state index is 0.199. The molecular formula is C23H19ClFN3O2. The Morgan fingerprint density at radius 1 is 1.07 bits per heavy atom. The molecule has 3 aromatic rings. The first-order valence-corrected chi connectivity index (χ1v) is 10.1. The number of anilines is 1. The third kappa shape index (κ3) is 2.95. The van der Waals surface area contributed by atoms with Crippen molar-refractivity contribution in [1.29, 1.82) is 0 Å². The average molecular weight is 424 g/mol. The largest absolute Gasteiger partial charge is 0.378 e. The van der Waals surface area contributed by atoms with Crippen LogP contribution in [0, 0.1) is 5.82 Å². The number of hydrogen-bond acceptors (Lipinski definition) is 4. The number of primary amides is 1. The van der Waals surface area contributed by atoms with Crippen molar-refractivity contribution in [1.82, 2.24) is 4.98 Å². The first-order chi connectivity index (χ1) is 14.6. The number of amides is 1. The summed E-state index contributed by atoms with van der Waals surface area (Å²) in [4.78, 5) is 18.5. The smallest absolute Gasteiger partial charge is 0.267 e. The van der Waals surface area contributed by atoms with Gasteiger partial charge in [0.1, 0.15) is 11.5 Å². The van der Waals surface area contributed by atoms with Crippen LogP contribution >= 0.6 is 11.6 Å². The molecule has 2 heterocycles. The van der Waals surface area contributed by atoms with E-state index in [0.717, 1.165) is 35.5 Å². The van der Waals surface area contributed by atoms with Crippen molar-refractivity contribution >= 4 is 23.2 Å². The van der Waals surface area contributed by atoms with Gasteiger partial charge in [-0.1, -0.05) is 35.9 Å². The molecule has 0 radical (unpaired) electrons. The monoisotopic (exact) mass is 423 g/mol. The lowest BCUT2D eigenvalue weighted by molar-refractivity contribution is 0.0995. The number of morpholine rings is 1. The van der Waals surface area contributed by atoms with Crippen LogP contribution in [0.15, 0.2) is 42.6 Å². The maximum absolute atomic E-state index is 14.6. The van der Waals surface area contributed by atoms with Gasteiger partial charge >= 0.3 is 0 Å². The van der Waals surface area contributed by atoms with Gasteiger partial charge in [-0.2, -0.15) is 0 Å².